The molecule has 3 fully saturated rings. The van der Waals surface area contributed by atoms with Gasteiger partial charge in [-0.2, -0.15) is 13.2 Å². The first-order valence-electron chi connectivity index (χ1n) is 20.2. The van der Waals surface area contributed by atoms with Crippen LogP contribution in [0, 0.1) is 17.8 Å². The molecule has 4 aliphatic rings. The largest absolute Gasteiger partial charge is 0.494 e. The van der Waals surface area contributed by atoms with Crippen LogP contribution in [0.3, 0.4) is 0 Å². The molecule has 0 unspecified atom stereocenters. The van der Waals surface area contributed by atoms with Crippen molar-refractivity contribution >= 4 is 44.7 Å². The number of pyridine rings is 1. The van der Waals surface area contributed by atoms with Crippen LogP contribution in [0.5, 0.6) is 11.5 Å². The Bertz CT molecular complexity index is 2110. The van der Waals surface area contributed by atoms with Crippen LogP contribution in [0.1, 0.15) is 92.9 Å². The maximum atomic E-state index is 15.1. The Morgan fingerprint density at radius 2 is 1.81 bits per heavy atom. The minimum absolute atomic E-state index is 0.0586. The summed E-state index contributed by atoms with van der Waals surface area (Å²) in [5.41, 5.74) is -4.10. The van der Waals surface area contributed by atoms with Gasteiger partial charge in [0.2, 0.25) is 21.8 Å². The molecule has 0 bridgehead atoms. The molecule has 1 aromatic carbocycles. The number of nitrogens with one attached hydrogen (secondary N) is 2. The summed E-state index contributed by atoms with van der Waals surface area (Å²) in [6.07, 6.45) is -1.06. The summed E-state index contributed by atoms with van der Waals surface area (Å²) >= 11 is 0. The molecule has 6 rings (SSSR count). The molecule has 7 atom stereocenters. The fraction of sp³-hybridized carbons (Fsp3) is 0.634. The van der Waals surface area contributed by atoms with E-state index in [1.54, 1.807) is 37.3 Å². The smallest absolute Gasteiger partial charge is 0.411 e. The van der Waals surface area contributed by atoms with Crippen LogP contribution in [0.4, 0.5) is 18.0 Å². The molecule has 59 heavy (non-hydrogen) atoms. The number of amides is 4. The molecule has 3 N–H and O–H groups in total. The van der Waals surface area contributed by atoms with Crippen molar-refractivity contribution in [1.29, 1.82) is 0 Å². The zero-order valence-electron chi connectivity index (χ0n) is 34.2. The highest BCUT2D eigenvalue weighted by Crippen LogP contribution is 2.48. The van der Waals surface area contributed by atoms with E-state index in [-0.39, 0.29) is 48.8 Å². The third kappa shape index (κ3) is 8.69. The SMILES string of the molecule is CCOc1ccc2ncc(O[C@@H]3C[C@H]4C(=O)N[C@]5(C(=O)NS(=O)(=O)C6(C)CC6)C[C@H]5C=CCC[C@@H](C)C[C@@H](CC)[C@H](N(C(=O)O)C(C)(C)C(F)(F)F)C(=O)N4C3)cc2c1. The molecule has 14 nitrogen and oxygen atoms in total. The quantitative estimate of drug-likeness (QED) is 0.242. The van der Waals surface area contributed by atoms with Gasteiger partial charge in [-0.25, -0.2) is 13.2 Å². The predicted octanol–water partition coefficient (Wildman–Crippen LogP) is 5.95. The minimum atomic E-state index is -5.09. The second kappa shape index (κ2) is 16.1. The number of benzene rings is 1. The molecule has 18 heteroatoms. The van der Waals surface area contributed by atoms with Gasteiger partial charge in [0.1, 0.15) is 40.8 Å². The second-order valence-corrected chi connectivity index (χ2v) is 19.5. The lowest BCUT2D eigenvalue weighted by molar-refractivity contribution is -0.222. The normalized spacial score (nSPS) is 28.7. The molecule has 2 saturated carbocycles. The Labute approximate surface area is 342 Å². The van der Waals surface area contributed by atoms with Crippen LogP contribution in [-0.4, -0.2) is 105 Å². The molecule has 2 aromatic rings. The van der Waals surface area contributed by atoms with Gasteiger partial charge in [-0.3, -0.25) is 29.0 Å². The maximum absolute atomic E-state index is 15.1. The summed E-state index contributed by atoms with van der Waals surface area (Å²) in [6, 6.07) is 3.67. The van der Waals surface area contributed by atoms with Crippen molar-refractivity contribution in [1.82, 2.24) is 24.8 Å². The number of allylic oxidation sites excluding steroid dienone is 1. The number of halogens is 3. The van der Waals surface area contributed by atoms with Crippen LogP contribution in [0.2, 0.25) is 0 Å². The lowest BCUT2D eigenvalue weighted by Crippen LogP contribution is -2.66. The van der Waals surface area contributed by atoms with Crippen LogP contribution in [0.25, 0.3) is 10.9 Å². The Balaban J connectivity index is 1.42. The van der Waals surface area contributed by atoms with Crippen LogP contribution < -0.4 is 19.5 Å². The van der Waals surface area contributed by atoms with Crippen LogP contribution in [0.15, 0.2) is 42.6 Å². The molecule has 324 valence electrons. The van der Waals surface area contributed by atoms with E-state index in [4.69, 9.17) is 9.47 Å². The van der Waals surface area contributed by atoms with Crippen molar-refractivity contribution in [2.75, 3.05) is 13.2 Å². The Morgan fingerprint density at radius 1 is 1.12 bits per heavy atom. The number of hydrogen-bond donors (Lipinski definition) is 3. The number of fused-ring (bicyclic) bond motifs is 3. The lowest BCUT2D eigenvalue weighted by Gasteiger charge is -2.46. The molecular formula is C41H54F3N5O9S. The average molecular weight is 850 g/mol. The Hall–Kier alpha value is -4.61. The number of carboxylic acid groups (broad SMARTS) is 1. The Morgan fingerprint density at radius 3 is 2.44 bits per heavy atom. The number of nitrogens with zero attached hydrogens (tertiary/aromatic N) is 3. The van der Waals surface area contributed by atoms with Crippen molar-refractivity contribution in [3.8, 4) is 11.5 Å². The number of sulfonamides is 1. The first kappa shape index (κ1) is 44.0. The molecule has 1 saturated heterocycles. The maximum Gasteiger partial charge on any atom is 0.411 e. The van der Waals surface area contributed by atoms with E-state index in [9.17, 15) is 41.1 Å². The fourth-order valence-corrected chi connectivity index (χ4v) is 9.69. The van der Waals surface area contributed by atoms with E-state index in [0.717, 1.165) is 4.90 Å². The van der Waals surface area contributed by atoms with Crippen molar-refractivity contribution in [3.63, 3.8) is 0 Å². The van der Waals surface area contributed by atoms with E-state index in [1.807, 2.05) is 19.9 Å². The van der Waals surface area contributed by atoms with Crippen LogP contribution >= 0.6 is 0 Å². The highest BCUT2D eigenvalue weighted by atomic mass is 32.2. The summed E-state index contributed by atoms with van der Waals surface area (Å²) < 4.78 is 83.8. The van der Waals surface area contributed by atoms with E-state index in [1.165, 1.54) is 13.1 Å². The first-order chi connectivity index (χ1) is 27.6. The molecule has 0 radical (unpaired) electrons. The molecule has 2 aliphatic heterocycles. The molecule has 0 spiro atoms. The number of ether oxygens (including phenoxy) is 2. The standard InChI is InChI=1S/C41H54F3N5O9S/c1-7-25-17-24(3)11-9-10-12-27-21-40(27,36(52)47-59(55,56)39(6)15-16-39)46-34(50)32-20-30(58-29-19-26-18-28(57-8-2)13-14-31(26)45-22-29)23-48(32)35(51)33(25)49(37(53)54)38(4,5)41(42,43)44/h10,12-14,18-19,22,24-25,27,30,32-33H,7-9,11,15-17,20-21,23H2,1-6H3,(H,46,50)(H,47,52)(H,53,54)/t24-,25-,27-,30-,32+,33+,40-/m1/s1. The highest BCUT2D eigenvalue weighted by Gasteiger charge is 2.64. The van der Waals surface area contributed by atoms with Crippen molar-refractivity contribution < 1.29 is 55.3 Å². The van der Waals surface area contributed by atoms with Gasteiger partial charge in [-0.15, -0.1) is 0 Å². The zero-order valence-corrected chi connectivity index (χ0v) is 35.0. The number of alkyl halides is 3. The predicted molar refractivity (Wildman–Crippen MR) is 211 cm³/mol. The van der Waals surface area contributed by atoms with Crippen molar-refractivity contribution in [2.24, 2.45) is 17.8 Å². The van der Waals surface area contributed by atoms with Gasteiger partial charge in [-0.1, -0.05) is 32.4 Å². The second-order valence-electron chi connectivity index (χ2n) is 17.3. The fourth-order valence-electron chi connectivity index (χ4n) is 8.37. The van der Waals surface area contributed by atoms with Gasteiger partial charge in [0.05, 0.1) is 29.6 Å². The topological polar surface area (TPSA) is 185 Å². The van der Waals surface area contributed by atoms with Gasteiger partial charge in [0.15, 0.2) is 0 Å². The number of carbonyl (C=O) groups excluding carboxylic acids is 3. The number of hydrogen-bond acceptors (Lipinski definition) is 9. The molecule has 3 heterocycles. The number of rotatable bonds is 10. The lowest BCUT2D eigenvalue weighted by atomic mass is 9.82. The van der Waals surface area contributed by atoms with E-state index in [2.05, 4.69) is 15.0 Å². The van der Waals surface area contributed by atoms with Gasteiger partial charge in [-0.05, 0) is 102 Å². The zero-order chi connectivity index (χ0) is 43.3. The first-order valence-corrected chi connectivity index (χ1v) is 21.7. The summed E-state index contributed by atoms with van der Waals surface area (Å²) in [7, 11) is -4.12. The van der Waals surface area contributed by atoms with Crippen molar-refractivity contribution in [2.45, 2.75) is 133 Å². The summed E-state index contributed by atoms with van der Waals surface area (Å²) in [5.74, 6) is -3.63. The summed E-state index contributed by atoms with van der Waals surface area (Å²) in [4.78, 5) is 62.4. The van der Waals surface area contributed by atoms with E-state index >= 15 is 4.79 Å². The van der Waals surface area contributed by atoms with Crippen molar-refractivity contribution in [3.05, 3.63) is 42.6 Å². The van der Waals surface area contributed by atoms with Gasteiger partial charge in [0, 0.05) is 17.7 Å². The molecular weight excluding hydrogens is 796 g/mol. The average Bonchev–Trinajstić information content (AvgIpc) is 4.03. The summed E-state index contributed by atoms with van der Waals surface area (Å²) in [6.45, 7) is 8.44. The monoisotopic (exact) mass is 849 g/mol. The molecule has 1 aromatic heterocycles. The van der Waals surface area contributed by atoms with E-state index < -0.39 is 85.9 Å². The van der Waals surface area contributed by atoms with Crippen LogP contribution in [-0.2, 0) is 24.4 Å². The molecule has 2 aliphatic carbocycles. The summed E-state index contributed by atoms with van der Waals surface area (Å²) in [5, 5.41) is 13.9. The number of aromatic nitrogens is 1. The van der Waals surface area contributed by atoms with Gasteiger partial charge in [0.25, 0.3) is 5.91 Å². The third-order valence-corrected chi connectivity index (χ3v) is 14.7. The van der Waals surface area contributed by atoms with Gasteiger partial charge < -0.3 is 24.8 Å². The highest BCUT2D eigenvalue weighted by molar-refractivity contribution is 7.91. The van der Waals surface area contributed by atoms with Gasteiger partial charge >= 0.3 is 12.3 Å². The van der Waals surface area contributed by atoms with E-state index in [0.29, 0.717) is 62.8 Å². The third-order valence-electron chi connectivity index (χ3n) is 12.6. The number of carbonyl (C=O) groups is 4. The molecule has 4 amide bonds. The Kier molecular flexibility index (Phi) is 12.0. The minimum Gasteiger partial charge on any atom is -0.494 e.